The third kappa shape index (κ3) is 1.33. The van der Waals surface area contributed by atoms with Gasteiger partial charge in [-0.1, -0.05) is 30.4 Å². The van der Waals surface area contributed by atoms with Crippen LogP contribution in [0.2, 0.25) is 0 Å². The maximum Gasteiger partial charge on any atom is 0.259 e. The minimum atomic E-state index is -0.0359. The van der Waals surface area contributed by atoms with Crippen molar-refractivity contribution in [2.24, 2.45) is 0 Å². The van der Waals surface area contributed by atoms with Crippen LogP contribution in [0.1, 0.15) is 15.9 Å². The van der Waals surface area contributed by atoms with Gasteiger partial charge < -0.3 is 0 Å². The first-order chi connectivity index (χ1) is 6.75. The molecule has 0 aliphatic carbocycles. The van der Waals surface area contributed by atoms with Crippen LogP contribution in [0.25, 0.3) is 0 Å². The number of alkyl halides is 1. The molecule has 0 atom stereocenters. The number of benzene rings is 1. The van der Waals surface area contributed by atoms with Gasteiger partial charge in [-0.3, -0.25) is 9.69 Å². The van der Waals surface area contributed by atoms with Crippen molar-refractivity contribution < 1.29 is 4.79 Å². The maximum absolute atomic E-state index is 11.8. The van der Waals surface area contributed by atoms with Gasteiger partial charge in [-0.15, -0.1) is 11.6 Å². The van der Waals surface area contributed by atoms with E-state index in [2.05, 4.69) is 0 Å². The Bertz CT molecular complexity index is 370. The number of halogens is 1. The summed E-state index contributed by atoms with van der Waals surface area (Å²) < 4.78 is 0. The van der Waals surface area contributed by atoms with E-state index in [-0.39, 0.29) is 5.91 Å². The summed E-state index contributed by atoms with van der Waals surface area (Å²) in [7, 11) is 0. The van der Waals surface area contributed by atoms with Crippen LogP contribution in [0.4, 0.5) is 0 Å². The second-order valence-corrected chi connectivity index (χ2v) is 3.76. The Morgan fingerprint density at radius 3 is 2.50 bits per heavy atom. The number of hydrogen-bond donors (Lipinski definition) is 0. The second kappa shape index (κ2) is 3.67. The molecule has 0 fully saturated rings. The van der Waals surface area contributed by atoms with Crippen LogP contribution in [0.5, 0.6) is 0 Å². The van der Waals surface area contributed by atoms with Crippen LogP contribution in [0, 0.1) is 0 Å². The standard InChI is InChI=1S/C10H8ClNOS/c11-5-6-12-9(13)7-3-1-2-4-8(7)10(12)14/h1-4H,5-6H2. The highest BCUT2D eigenvalue weighted by atomic mass is 35.5. The molecule has 0 unspecified atom stereocenters. The molecule has 0 radical (unpaired) electrons. The van der Waals surface area contributed by atoms with Gasteiger partial charge in [0, 0.05) is 18.0 Å². The molecule has 0 N–H and O–H groups in total. The molecule has 0 spiro atoms. The van der Waals surface area contributed by atoms with E-state index in [0.717, 1.165) is 5.56 Å². The van der Waals surface area contributed by atoms with Gasteiger partial charge in [0.2, 0.25) is 0 Å². The summed E-state index contributed by atoms with van der Waals surface area (Å²) in [5.74, 6) is 0.367. The van der Waals surface area contributed by atoms with E-state index in [4.69, 9.17) is 23.8 Å². The summed E-state index contributed by atoms with van der Waals surface area (Å²) in [5, 5.41) is 0. The van der Waals surface area contributed by atoms with E-state index in [0.29, 0.717) is 23.0 Å². The molecule has 1 aromatic rings. The molecular formula is C10H8ClNOS. The van der Waals surface area contributed by atoms with Crippen molar-refractivity contribution in [3.63, 3.8) is 0 Å². The zero-order valence-electron chi connectivity index (χ0n) is 7.37. The highest BCUT2D eigenvalue weighted by Crippen LogP contribution is 2.22. The molecule has 14 heavy (non-hydrogen) atoms. The molecule has 4 heteroatoms. The molecule has 0 saturated heterocycles. The zero-order chi connectivity index (χ0) is 10.1. The molecule has 2 rings (SSSR count). The number of hydrogen-bond acceptors (Lipinski definition) is 2. The first kappa shape index (κ1) is 9.62. The Kier molecular flexibility index (Phi) is 2.52. The average Bonchev–Trinajstić information content (AvgIpc) is 2.45. The first-order valence-electron chi connectivity index (χ1n) is 4.27. The first-order valence-corrected chi connectivity index (χ1v) is 5.21. The molecule has 1 aliphatic rings. The van der Waals surface area contributed by atoms with Crippen molar-refractivity contribution in [1.29, 1.82) is 0 Å². The Morgan fingerprint density at radius 1 is 1.29 bits per heavy atom. The van der Waals surface area contributed by atoms with Gasteiger partial charge in [0.1, 0.15) is 4.99 Å². The molecule has 1 heterocycles. The number of thiocarbonyl (C=S) groups is 1. The summed E-state index contributed by atoms with van der Waals surface area (Å²) in [6.07, 6.45) is 0. The smallest absolute Gasteiger partial charge is 0.259 e. The maximum atomic E-state index is 11.8. The van der Waals surface area contributed by atoms with Crippen LogP contribution in [-0.2, 0) is 0 Å². The fourth-order valence-corrected chi connectivity index (χ4v) is 2.05. The summed E-state index contributed by atoms with van der Waals surface area (Å²) in [4.78, 5) is 13.9. The lowest BCUT2D eigenvalue weighted by Crippen LogP contribution is -2.30. The van der Waals surface area contributed by atoms with E-state index >= 15 is 0 Å². The van der Waals surface area contributed by atoms with Crippen LogP contribution in [-0.4, -0.2) is 28.2 Å². The average molecular weight is 226 g/mol. The van der Waals surface area contributed by atoms with Crippen molar-refractivity contribution in [2.75, 3.05) is 12.4 Å². The van der Waals surface area contributed by atoms with E-state index in [1.807, 2.05) is 18.2 Å². The number of carbonyl (C=O) groups is 1. The minimum absolute atomic E-state index is 0.0359. The Morgan fingerprint density at radius 2 is 1.93 bits per heavy atom. The summed E-state index contributed by atoms with van der Waals surface area (Å²) in [5.41, 5.74) is 1.53. The van der Waals surface area contributed by atoms with Crippen molar-refractivity contribution in [3.8, 4) is 0 Å². The van der Waals surface area contributed by atoms with Gasteiger partial charge in [0.05, 0.1) is 5.56 Å². The number of fused-ring (bicyclic) bond motifs is 1. The molecule has 2 nitrogen and oxygen atoms in total. The van der Waals surface area contributed by atoms with Gasteiger partial charge in [0.15, 0.2) is 0 Å². The fourth-order valence-electron chi connectivity index (χ4n) is 1.53. The van der Waals surface area contributed by atoms with E-state index < -0.39 is 0 Å². The van der Waals surface area contributed by atoms with Gasteiger partial charge in [-0.05, 0) is 6.07 Å². The molecule has 0 aromatic heterocycles. The molecule has 0 saturated carbocycles. The van der Waals surface area contributed by atoms with E-state index in [9.17, 15) is 4.79 Å². The van der Waals surface area contributed by atoms with Gasteiger partial charge in [0.25, 0.3) is 5.91 Å². The normalized spacial score (nSPS) is 14.8. The lowest BCUT2D eigenvalue weighted by molar-refractivity contribution is 0.0867. The largest absolute Gasteiger partial charge is 0.297 e. The molecule has 1 aliphatic heterocycles. The van der Waals surface area contributed by atoms with Crippen LogP contribution >= 0.6 is 23.8 Å². The third-order valence-corrected chi connectivity index (χ3v) is 2.80. The van der Waals surface area contributed by atoms with E-state index in [1.165, 1.54) is 0 Å². The summed E-state index contributed by atoms with van der Waals surface area (Å²) >= 11 is 10.8. The van der Waals surface area contributed by atoms with Crippen LogP contribution < -0.4 is 0 Å². The lowest BCUT2D eigenvalue weighted by Gasteiger charge is -2.13. The quantitative estimate of drug-likeness (QED) is 0.567. The van der Waals surface area contributed by atoms with Crippen molar-refractivity contribution >= 4 is 34.7 Å². The highest BCUT2D eigenvalue weighted by Gasteiger charge is 2.31. The number of carbonyl (C=O) groups excluding carboxylic acids is 1. The highest BCUT2D eigenvalue weighted by molar-refractivity contribution is 7.80. The molecule has 1 amide bonds. The summed E-state index contributed by atoms with van der Waals surface area (Å²) in [6.45, 7) is 0.480. The number of amides is 1. The minimum Gasteiger partial charge on any atom is -0.297 e. The number of nitrogens with zero attached hydrogens (tertiary/aromatic N) is 1. The van der Waals surface area contributed by atoms with Gasteiger partial charge in [-0.2, -0.15) is 0 Å². The SMILES string of the molecule is O=C1c2ccccc2C(=S)N1CCCl. The lowest BCUT2D eigenvalue weighted by atomic mass is 10.1. The predicted octanol–water partition coefficient (Wildman–Crippen LogP) is 2.06. The van der Waals surface area contributed by atoms with E-state index in [1.54, 1.807) is 11.0 Å². The Balaban J connectivity index is 2.43. The van der Waals surface area contributed by atoms with Gasteiger partial charge >= 0.3 is 0 Å². The zero-order valence-corrected chi connectivity index (χ0v) is 8.94. The summed E-state index contributed by atoms with van der Waals surface area (Å²) in [6, 6.07) is 7.37. The van der Waals surface area contributed by atoms with Gasteiger partial charge in [-0.25, -0.2) is 0 Å². The fraction of sp³-hybridized carbons (Fsp3) is 0.200. The van der Waals surface area contributed by atoms with Crippen LogP contribution in [0.15, 0.2) is 24.3 Å². The second-order valence-electron chi connectivity index (χ2n) is 3.00. The topological polar surface area (TPSA) is 20.3 Å². The third-order valence-electron chi connectivity index (χ3n) is 2.19. The van der Waals surface area contributed by atoms with Crippen LogP contribution in [0.3, 0.4) is 0 Å². The van der Waals surface area contributed by atoms with Crippen molar-refractivity contribution in [3.05, 3.63) is 35.4 Å². The predicted molar refractivity (Wildman–Crippen MR) is 59.9 cm³/mol. The Hall–Kier alpha value is -0.930. The molecule has 0 bridgehead atoms. The van der Waals surface area contributed by atoms with Crippen molar-refractivity contribution in [1.82, 2.24) is 4.90 Å². The monoisotopic (exact) mass is 225 g/mol. The van der Waals surface area contributed by atoms with Crippen molar-refractivity contribution in [2.45, 2.75) is 0 Å². The molecular weight excluding hydrogens is 218 g/mol. The molecule has 1 aromatic carbocycles. The number of rotatable bonds is 2. The Labute approximate surface area is 92.5 Å². The molecule has 72 valence electrons.